The molecule has 0 heterocycles. The zero-order valence-electron chi connectivity index (χ0n) is 15.8. The summed E-state index contributed by atoms with van der Waals surface area (Å²) in [6.45, 7) is 13.2. The highest BCUT2D eigenvalue weighted by atomic mass is 16.7. The Bertz CT molecular complexity index is 672. The third-order valence-corrected chi connectivity index (χ3v) is 6.15. The van der Waals surface area contributed by atoms with Gasteiger partial charge < -0.3 is 4.84 Å². The lowest BCUT2D eigenvalue weighted by atomic mass is 9.71. The quantitative estimate of drug-likeness (QED) is 0.543. The van der Waals surface area contributed by atoms with E-state index in [1.54, 1.807) is 0 Å². The predicted octanol–water partition coefficient (Wildman–Crippen LogP) is 5.34. The van der Waals surface area contributed by atoms with Gasteiger partial charge in [-0.05, 0) is 48.3 Å². The molecule has 0 radical (unpaired) electrons. The van der Waals surface area contributed by atoms with Gasteiger partial charge in [0.15, 0.2) is 0 Å². The minimum Gasteiger partial charge on any atom is -0.313 e. The van der Waals surface area contributed by atoms with Gasteiger partial charge in [-0.25, -0.2) is 4.79 Å². The molecule has 0 amide bonds. The summed E-state index contributed by atoms with van der Waals surface area (Å²) in [4.78, 5) is 17.7. The van der Waals surface area contributed by atoms with Crippen LogP contribution in [0.15, 0.2) is 29.4 Å². The van der Waals surface area contributed by atoms with E-state index in [4.69, 9.17) is 4.84 Å². The first-order chi connectivity index (χ1) is 11.0. The van der Waals surface area contributed by atoms with Crippen molar-refractivity contribution in [2.45, 2.75) is 66.2 Å². The average molecular weight is 327 g/mol. The molecule has 3 rings (SSSR count). The minimum atomic E-state index is -0.370. The van der Waals surface area contributed by atoms with Gasteiger partial charge in [0.1, 0.15) is 0 Å². The van der Waals surface area contributed by atoms with Crippen LogP contribution in [-0.2, 0) is 10.3 Å². The van der Waals surface area contributed by atoms with Gasteiger partial charge in [-0.1, -0.05) is 58.8 Å². The van der Waals surface area contributed by atoms with Gasteiger partial charge >= 0.3 is 5.97 Å². The summed E-state index contributed by atoms with van der Waals surface area (Å²) in [5, 5.41) is 4.35. The Morgan fingerprint density at radius 2 is 1.79 bits per heavy atom. The highest BCUT2D eigenvalue weighted by Gasteiger charge is 2.57. The number of nitrogens with zero attached hydrogens (tertiary/aromatic N) is 1. The number of fused-ring (bicyclic) bond motifs is 2. The Hall–Kier alpha value is -1.64. The lowest BCUT2D eigenvalue weighted by Gasteiger charge is -2.34. The Kier molecular flexibility index (Phi) is 3.89. The van der Waals surface area contributed by atoms with Gasteiger partial charge in [-0.3, -0.25) is 0 Å². The molecule has 0 aliphatic heterocycles. The Morgan fingerprint density at radius 3 is 2.29 bits per heavy atom. The molecular formula is C21H29NO2. The van der Waals surface area contributed by atoms with Crippen LogP contribution in [0.2, 0.25) is 0 Å². The van der Waals surface area contributed by atoms with Gasteiger partial charge in [-0.2, -0.15) is 0 Å². The van der Waals surface area contributed by atoms with E-state index in [1.165, 1.54) is 12.0 Å². The maximum atomic E-state index is 12.4. The number of hydrogen-bond donors (Lipinski definition) is 0. The Labute approximate surface area is 145 Å². The van der Waals surface area contributed by atoms with E-state index in [9.17, 15) is 4.79 Å². The highest BCUT2D eigenvalue weighted by Crippen LogP contribution is 2.60. The number of carbonyl (C=O) groups is 1. The number of carbonyl (C=O) groups excluding carboxylic acids is 1. The monoisotopic (exact) mass is 327 g/mol. The predicted molar refractivity (Wildman–Crippen MR) is 97.2 cm³/mol. The molecule has 24 heavy (non-hydrogen) atoms. The van der Waals surface area contributed by atoms with E-state index in [0.29, 0.717) is 11.5 Å². The highest BCUT2D eigenvalue weighted by molar-refractivity contribution is 5.98. The molecule has 2 unspecified atom stereocenters. The Morgan fingerprint density at radius 1 is 1.17 bits per heavy atom. The van der Waals surface area contributed by atoms with Gasteiger partial charge in [0, 0.05) is 10.8 Å². The molecule has 130 valence electrons. The second-order valence-corrected chi connectivity index (χ2v) is 9.37. The summed E-state index contributed by atoms with van der Waals surface area (Å²) in [5.41, 5.74) is 3.02. The summed E-state index contributed by atoms with van der Waals surface area (Å²) in [5.74, 6) is 0.288. The summed E-state index contributed by atoms with van der Waals surface area (Å²) >= 11 is 0. The minimum absolute atomic E-state index is 0.0311. The molecule has 2 aliphatic rings. The first-order valence-corrected chi connectivity index (χ1v) is 8.95. The van der Waals surface area contributed by atoms with Crippen LogP contribution in [-0.4, -0.2) is 11.7 Å². The fraction of sp³-hybridized carbons (Fsp3) is 0.619. The topological polar surface area (TPSA) is 38.7 Å². The van der Waals surface area contributed by atoms with E-state index < -0.39 is 0 Å². The number of rotatable bonds is 2. The second kappa shape index (κ2) is 5.44. The molecule has 3 nitrogen and oxygen atoms in total. The first kappa shape index (κ1) is 17.2. The third kappa shape index (κ3) is 2.78. The summed E-state index contributed by atoms with van der Waals surface area (Å²) < 4.78 is 0. The zero-order chi connectivity index (χ0) is 17.8. The molecule has 0 N–H and O–H groups in total. The van der Waals surface area contributed by atoms with Crippen molar-refractivity contribution >= 4 is 11.7 Å². The summed E-state index contributed by atoms with van der Waals surface area (Å²) in [6.07, 6.45) is 3.57. The normalized spacial score (nSPS) is 29.9. The number of oxime groups is 1. The van der Waals surface area contributed by atoms with Gasteiger partial charge in [0.25, 0.3) is 0 Å². The molecule has 2 bridgehead atoms. The van der Waals surface area contributed by atoms with Gasteiger partial charge in [0.2, 0.25) is 0 Å². The van der Waals surface area contributed by atoms with Crippen LogP contribution in [0.1, 0.15) is 76.7 Å². The molecule has 0 saturated heterocycles. The SMILES string of the molecule is CC12CCC(C1)C(C)(C)/C2=N/OC(=O)c1ccc(C(C)(C)C)cc1. The van der Waals surface area contributed by atoms with Crippen LogP contribution in [0.3, 0.4) is 0 Å². The second-order valence-electron chi connectivity index (χ2n) is 9.37. The van der Waals surface area contributed by atoms with Crippen molar-refractivity contribution in [3.8, 4) is 0 Å². The molecule has 1 aromatic carbocycles. The van der Waals surface area contributed by atoms with Gasteiger partial charge in [-0.15, -0.1) is 0 Å². The van der Waals surface area contributed by atoms with E-state index in [-0.39, 0.29) is 22.2 Å². The molecule has 1 aromatic rings. The molecule has 0 aromatic heterocycles. The smallest absolute Gasteiger partial charge is 0.313 e. The number of benzene rings is 1. The van der Waals surface area contributed by atoms with E-state index in [2.05, 4.69) is 46.7 Å². The third-order valence-electron chi connectivity index (χ3n) is 6.15. The van der Waals surface area contributed by atoms with Crippen LogP contribution in [0, 0.1) is 16.7 Å². The van der Waals surface area contributed by atoms with Crippen LogP contribution in [0.5, 0.6) is 0 Å². The van der Waals surface area contributed by atoms with E-state index >= 15 is 0 Å². The fourth-order valence-electron chi connectivity index (χ4n) is 4.52. The van der Waals surface area contributed by atoms with E-state index in [1.807, 2.05) is 24.3 Å². The largest absolute Gasteiger partial charge is 0.365 e. The van der Waals surface area contributed by atoms with Crippen LogP contribution >= 0.6 is 0 Å². The molecule has 2 fully saturated rings. The van der Waals surface area contributed by atoms with Crippen molar-refractivity contribution in [2.75, 3.05) is 0 Å². The maximum Gasteiger partial charge on any atom is 0.365 e. The summed E-state index contributed by atoms with van der Waals surface area (Å²) in [7, 11) is 0. The van der Waals surface area contributed by atoms with Crippen LogP contribution in [0.4, 0.5) is 0 Å². The van der Waals surface area contributed by atoms with Crippen molar-refractivity contribution in [1.82, 2.24) is 0 Å². The average Bonchev–Trinajstić information content (AvgIpc) is 2.97. The molecular weight excluding hydrogens is 298 g/mol. The van der Waals surface area contributed by atoms with Crippen molar-refractivity contribution in [3.05, 3.63) is 35.4 Å². The maximum absolute atomic E-state index is 12.4. The van der Waals surface area contributed by atoms with Crippen molar-refractivity contribution in [1.29, 1.82) is 0 Å². The number of hydrogen-bond acceptors (Lipinski definition) is 3. The zero-order valence-corrected chi connectivity index (χ0v) is 15.8. The molecule has 2 saturated carbocycles. The molecule has 2 aliphatic carbocycles. The lowest BCUT2D eigenvalue weighted by Crippen LogP contribution is -2.36. The first-order valence-electron chi connectivity index (χ1n) is 8.95. The summed E-state index contributed by atoms with van der Waals surface area (Å²) in [6, 6.07) is 7.65. The van der Waals surface area contributed by atoms with E-state index in [0.717, 1.165) is 18.6 Å². The van der Waals surface area contributed by atoms with Crippen molar-refractivity contribution in [3.63, 3.8) is 0 Å². The lowest BCUT2D eigenvalue weighted by molar-refractivity contribution is 0.0506. The van der Waals surface area contributed by atoms with Crippen molar-refractivity contribution < 1.29 is 9.63 Å². The standard InChI is InChI=1S/C21H29NO2/c1-19(2,3)15-9-7-14(8-10-15)17(23)24-22-18-20(4,5)16-11-12-21(18,6)13-16/h7-10,16H,11-13H2,1-6H3/b22-18-. The molecule has 2 atom stereocenters. The molecule has 3 heteroatoms. The van der Waals surface area contributed by atoms with Crippen molar-refractivity contribution in [2.24, 2.45) is 21.9 Å². The Balaban J connectivity index is 1.76. The fourth-order valence-corrected chi connectivity index (χ4v) is 4.52. The van der Waals surface area contributed by atoms with Crippen LogP contribution < -0.4 is 0 Å². The van der Waals surface area contributed by atoms with Gasteiger partial charge in [0.05, 0.1) is 11.3 Å². The molecule has 0 spiro atoms. The van der Waals surface area contributed by atoms with Crippen LogP contribution in [0.25, 0.3) is 0 Å².